The lowest BCUT2D eigenvalue weighted by Gasteiger charge is -2.25. The summed E-state index contributed by atoms with van der Waals surface area (Å²) in [5, 5.41) is 13.7. The van der Waals surface area contributed by atoms with E-state index in [1.165, 1.54) is 17.3 Å². The van der Waals surface area contributed by atoms with Gasteiger partial charge in [-0.15, -0.1) is 11.3 Å². The van der Waals surface area contributed by atoms with Gasteiger partial charge in [-0.1, -0.05) is 48.5 Å². The molecule has 35 heavy (non-hydrogen) atoms. The van der Waals surface area contributed by atoms with Gasteiger partial charge in [0, 0.05) is 18.3 Å². The highest BCUT2D eigenvalue weighted by molar-refractivity contribution is 7.14. The van der Waals surface area contributed by atoms with Crippen molar-refractivity contribution < 1.29 is 29.0 Å². The Morgan fingerprint density at radius 1 is 1.11 bits per heavy atom. The molecular formula is C25H23N3O6S. The van der Waals surface area contributed by atoms with Gasteiger partial charge in [-0.3, -0.25) is 14.9 Å². The number of aromatic nitrogens is 1. The molecule has 2 heterocycles. The summed E-state index contributed by atoms with van der Waals surface area (Å²) in [5.41, 5.74) is 4.62. The first-order valence-electron chi connectivity index (χ1n) is 11.1. The van der Waals surface area contributed by atoms with E-state index in [4.69, 9.17) is 9.47 Å². The fourth-order valence-electron chi connectivity index (χ4n) is 4.64. The molecule has 0 spiro atoms. The van der Waals surface area contributed by atoms with Crippen molar-refractivity contribution in [2.45, 2.75) is 12.0 Å². The molecule has 0 saturated carbocycles. The molecule has 2 aliphatic rings. The molecule has 0 bridgehead atoms. The van der Waals surface area contributed by atoms with Crippen LogP contribution in [-0.4, -0.2) is 65.9 Å². The van der Waals surface area contributed by atoms with Crippen molar-refractivity contribution in [1.29, 1.82) is 0 Å². The first-order valence-corrected chi connectivity index (χ1v) is 12.0. The molecule has 9 nitrogen and oxygen atoms in total. The molecule has 1 aromatic heterocycles. The van der Waals surface area contributed by atoms with Crippen LogP contribution in [0.25, 0.3) is 11.1 Å². The summed E-state index contributed by atoms with van der Waals surface area (Å²) in [7, 11) is 1.52. The van der Waals surface area contributed by atoms with Crippen molar-refractivity contribution in [3.8, 4) is 11.1 Å². The zero-order chi connectivity index (χ0) is 24.5. The van der Waals surface area contributed by atoms with Gasteiger partial charge in [0.2, 0.25) is 0 Å². The number of carbonyl (C=O) groups excluding carboxylic acids is 2. The maximum absolute atomic E-state index is 12.8. The highest BCUT2D eigenvalue weighted by Crippen LogP contribution is 2.44. The number of carboxylic acid groups (broad SMARTS) is 1. The second-order valence-electron chi connectivity index (χ2n) is 8.45. The quantitative estimate of drug-likeness (QED) is 0.538. The Balaban J connectivity index is 1.21. The number of nitrogens with one attached hydrogen (secondary N) is 1. The van der Waals surface area contributed by atoms with Crippen LogP contribution in [0.1, 0.15) is 27.5 Å². The highest BCUT2D eigenvalue weighted by atomic mass is 32.1. The number of likely N-dealkylation sites (N-methyl/N-ethyl adjacent to an activating group) is 1. The topological polar surface area (TPSA) is 118 Å². The molecule has 1 fully saturated rings. The van der Waals surface area contributed by atoms with E-state index < -0.39 is 29.9 Å². The summed E-state index contributed by atoms with van der Waals surface area (Å²) in [6.07, 6.45) is -0.663. The first-order chi connectivity index (χ1) is 16.9. The van der Waals surface area contributed by atoms with Gasteiger partial charge in [0.15, 0.2) is 5.13 Å². The van der Waals surface area contributed by atoms with Gasteiger partial charge in [0.1, 0.15) is 18.2 Å². The Kier molecular flexibility index (Phi) is 6.23. The number of nitrogens with zero attached hydrogens (tertiary/aromatic N) is 2. The Morgan fingerprint density at radius 3 is 2.43 bits per heavy atom. The van der Waals surface area contributed by atoms with E-state index in [-0.39, 0.29) is 36.6 Å². The summed E-state index contributed by atoms with van der Waals surface area (Å²) in [5.74, 6) is -2.31. The summed E-state index contributed by atoms with van der Waals surface area (Å²) in [6.45, 7) is 0.371. The minimum atomic E-state index is -1.01. The lowest BCUT2D eigenvalue weighted by Crippen LogP contribution is -2.44. The Hall–Kier alpha value is -3.76. The fourth-order valence-corrected chi connectivity index (χ4v) is 5.31. The minimum absolute atomic E-state index is 0.0588. The maximum Gasteiger partial charge on any atom is 0.413 e. The monoisotopic (exact) mass is 493 g/mol. The second kappa shape index (κ2) is 9.47. The molecule has 180 valence electrons. The number of hydrogen-bond acceptors (Lipinski definition) is 7. The maximum atomic E-state index is 12.8. The zero-order valence-corrected chi connectivity index (χ0v) is 19.7. The standard InChI is InChI=1S/C25H23N3O6S/c1-28(21-12-33-10-19(21)23(30)31)22(29)20-13-35-24(26-20)27-25(32)34-11-18-16-8-4-2-6-14(16)15-7-3-5-9-17(15)18/h2-9,13,18-19,21H,10-12H2,1H3,(H,30,31)(H,26,27,32). The highest BCUT2D eigenvalue weighted by Gasteiger charge is 2.39. The number of fused-ring (bicyclic) bond motifs is 3. The average molecular weight is 494 g/mol. The summed E-state index contributed by atoms with van der Waals surface area (Å²) in [4.78, 5) is 42.2. The number of anilines is 1. The predicted octanol–water partition coefficient (Wildman–Crippen LogP) is 3.68. The van der Waals surface area contributed by atoms with Crippen molar-refractivity contribution in [2.75, 3.05) is 32.2 Å². The molecule has 1 aliphatic heterocycles. The van der Waals surface area contributed by atoms with E-state index in [0.29, 0.717) is 0 Å². The number of thiazole rings is 1. The van der Waals surface area contributed by atoms with Crippen LogP contribution < -0.4 is 5.32 Å². The van der Waals surface area contributed by atoms with Gasteiger partial charge in [0.25, 0.3) is 5.91 Å². The van der Waals surface area contributed by atoms with Crippen molar-refractivity contribution in [3.63, 3.8) is 0 Å². The smallest absolute Gasteiger partial charge is 0.413 e. The fraction of sp³-hybridized carbons (Fsp3) is 0.280. The van der Waals surface area contributed by atoms with Gasteiger partial charge in [-0.2, -0.15) is 0 Å². The zero-order valence-electron chi connectivity index (χ0n) is 18.8. The lowest BCUT2D eigenvalue weighted by molar-refractivity contribution is -0.142. The lowest BCUT2D eigenvalue weighted by atomic mass is 9.98. The van der Waals surface area contributed by atoms with Crippen molar-refractivity contribution in [1.82, 2.24) is 9.88 Å². The summed E-state index contributed by atoms with van der Waals surface area (Å²) in [6, 6.07) is 15.6. The molecule has 2 amide bonds. The Bertz CT molecular complexity index is 1250. The number of carbonyl (C=O) groups is 3. The number of benzene rings is 2. The van der Waals surface area contributed by atoms with Crippen LogP contribution in [0.15, 0.2) is 53.9 Å². The molecule has 1 aliphatic carbocycles. The summed E-state index contributed by atoms with van der Waals surface area (Å²) >= 11 is 1.09. The SMILES string of the molecule is CN(C(=O)c1csc(NC(=O)OCC2c3ccccc3-c3ccccc32)n1)C1COCC1C(=O)O. The Labute approximate surface area is 205 Å². The van der Waals surface area contributed by atoms with Gasteiger partial charge < -0.3 is 19.5 Å². The first kappa shape index (κ1) is 23.0. The van der Waals surface area contributed by atoms with Crippen LogP contribution in [0, 0.1) is 5.92 Å². The van der Waals surface area contributed by atoms with Crippen LogP contribution in [0.4, 0.5) is 9.93 Å². The molecule has 2 atom stereocenters. The molecular weight excluding hydrogens is 470 g/mol. The van der Waals surface area contributed by atoms with E-state index in [0.717, 1.165) is 33.6 Å². The van der Waals surface area contributed by atoms with E-state index in [9.17, 15) is 19.5 Å². The molecule has 10 heteroatoms. The van der Waals surface area contributed by atoms with Gasteiger partial charge in [-0.05, 0) is 22.3 Å². The largest absolute Gasteiger partial charge is 0.481 e. The van der Waals surface area contributed by atoms with Gasteiger partial charge in [0.05, 0.1) is 19.3 Å². The molecule has 5 rings (SSSR count). The number of rotatable bonds is 6. The van der Waals surface area contributed by atoms with E-state index in [1.54, 1.807) is 0 Å². The van der Waals surface area contributed by atoms with Crippen molar-refractivity contribution in [2.24, 2.45) is 5.92 Å². The molecule has 2 unspecified atom stereocenters. The summed E-state index contributed by atoms with van der Waals surface area (Å²) < 4.78 is 10.8. The third-order valence-corrected chi connectivity index (χ3v) is 7.22. The van der Waals surface area contributed by atoms with E-state index >= 15 is 0 Å². The predicted molar refractivity (Wildman–Crippen MR) is 129 cm³/mol. The third-order valence-electron chi connectivity index (χ3n) is 6.46. The normalized spacial score (nSPS) is 18.5. The van der Waals surface area contributed by atoms with Crippen molar-refractivity contribution in [3.05, 3.63) is 70.7 Å². The number of amides is 2. The molecule has 3 aromatic rings. The van der Waals surface area contributed by atoms with Crippen LogP contribution in [0.5, 0.6) is 0 Å². The van der Waals surface area contributed by atoms with Crippen LogP contribution in [-0.2, 0) is 14.3 Å². The van der Waals surface area contributed by atoms with E-state index in [1.807, 2.05) is 36.4 Å². The number of carboxylic acids is 1. The second-order valence-corrected chi connectivity index (χ2v) is 9.31. The Morgan fingerprint density at radius 2 is 1.77 bits per heavy atom. The van der Waals surface area contributed by atoms with Crippen LogP contribution in [0.3, 0.4) is 0 Å². The number of hydrogen-bond donors (Lipinski definition) is 2. The van der Waals surface area contributed by atoms with Crippen LogP contribution in [0.2, 0.25) is 0 Å². The van der Waals surface area contributed by atoms with Gasteiger partial charge >= 0.3 is 12.1 Å². The van der Waals surface area contributed by atoms with E-state index in [2.05, 4.69) is 22.4 Å². The van der Waals surface area contributed by atoms with Gasteiger partial charge in [-0.25, -0.2) is 9.78 Å². The minimum Gasteiger partial charge on any atom is -0.481 e. The molecule has 1 saturated heterocycles. The average Bonchev–Trinajstić information content (AvgIpc) is 3.60. The number of aliphatic carboxylic acids is 1. The molecule has 0 radical (unpaired) electrons. The third kappa shape index (κ3) is 4.38. The molecule has 2 N–H and O–H groups in total. The van der Waals surface area contributed by atoms with Crippen LogP contribution >= 0.6 is 11.3 Å². The number of ether oxygens (including phenoxy) is 2. The molecule has 2 aromatic carbocycles. The van der Waals surface area contributed by atoms with Crippen molar-refractivity contribution >= 4 is 34.4 Å².